The number of rotatable bonds is 4. The van der Waals surface area contributed by atoms with Crippen LogP contribution in [-0.2, 0) is 28.4 Å². The number of nitrogens with one attached hydrogen (secondary N) is 1. The first-order valence-corrected chi connectivity index (χ1v) is 13.8. The molecule has 0 unspecified atom stereocenters. The van der Waals surface area contributed by atoms with Crippen molar-refractivity contribution in [3.8, 4) is 0 Å². The smallest absolute Gasteiger partial charge is 0.416 e. The predicted molar refractivity (Wildman–Crippen MR) is 148 cm³/mol. The highest BCUT2D eigenvalue weighted by molar-refractivity contribution is 8.18. The first kappa shape index (κ1) is 30.4. The first-order valence-electron chi connectivity index (χ1n) is 13.0. The Morgan fingerprint density at radius 3 is 2.44 bits per heavy atom. The van der Waals surface area contributed by atoms with Crippen molar-refractivity contribution in [2.24, 2.45) is 4.99 Å². The Morgan fingerprint density at radius 2 is 1.79 bits per heavy atom. The van der Waals surface area contributed by atoms with E-state index in [4.69, 9.17) is 4.74 Å². The number of hydrogen-bond acceptors (Lipinski definition) is 6. The standard InChI is InChI=1S/C28H25F6N5O3S/c1-26(2,3)42-25(41)38-13-19(14-38)36-24-37-23(40)22(43-24)9-15-4-7-21-17(8-15)11-35-39(21)12-16-5-6-18(27(29,30)31)10-20(16)28(32,33)34/h4-11,19H,12-14H2,1-3H3,(H,36,37,40). The Labute approximate surface area is 245 Å². The van der Waals surface area contributed by atoms with Crippen LogP contribution in [-0.4, -0.2) is 56.6 Å². The van der Waals surface area contributed by atoms with Gasteiger partial charge in [-0.05, 0) is 74.0 Å². The molecule has 1 fully saturated rings. The zero-order chi connectivity index (χ0) is 31.3. The minimum atomic E-state index is -4.99. The summed E-state index contributed by atoms with van der Waals surface area (Å²) in [6.45, 7) is 5.75. The third kappa shape index (κ3) is 6.98. The van der Waals surface area contributed by atoms with Gasteiger partial charge in [-0.25, -0.2) is 4.79 Å². The molecule has 2 aromatic carbocycles. The predicted octanol–water partition coefficient (Wildman–Crippen LogP) is 6.30. The van der Waals surface area contributed by atoms with E-state index in [1.165, 1.54) is 10.9 Å². The summed E-state index contributed by atoms with van der Waals surface area (Å²) in [5.41, 5.74) is -2.65. The van der Waals surface area contributed by atoms with Crippen LogP contribution in [0, 0.1) is 0 Å². The molecule has 1 saturated heterocycles. The Balaban J connectivity index is 1.25. The lowest BCUT2D eigenvalue weighted by Crippen LogP contribution is -2.61. The molecule has 43 heavy (non-hydrogen) atoms. The summed E-state index contributed by atoms with van der Waals surface area (Å²) in [4.78, 5) is 30.5. The molecule has 2 amide bonds. The van der Waals surface area contributed by atoms with E-state index >= 15 is 0 Å². The number of aromatic nitrogens is 2. The van der Waals surface area contributed by atoms with Gasteiger partial charge in [-0.1, -0.05) is 12.1 Å². The molecule has 3 aromatic rings. The summed E-state index contributed by atoms with van der Waals surface area (Å²) >= 11 is 1.14. The minimum Gasteiger partial charge on any atom is -0.444 e. The second kappa shape index (κ2) is 10.9. The lowest BCUT2D eigenvalue weighted by molar-refractivity contribution is -0.143. The highest BCUT2D eigenvalue weighted by atomic mass is 32.2. The molecule has 228 valence electrons. The molecule has 2 aliphatic heterocycles. The van der Waals surface area contributed by atoms with Gasteiger partial charge in [0, 0.05) is 18.5 Å². The Kier molecular flexibility index (Phi) is 7.73. The molecule has 0 atom stereocenters. The lowest BCUT2D eigenvalue weighted by atomic mass is 10.0. The maximum atomic E-state index is 13.6. The van der Waals surface area contributed by atoms with E-state index in [2.05, 4.69) is 15.4 Å². The number of aliphatic imine (C=N–C) groups is 1. The highest BCUT2D eigenvalue weighted by Gasteiger charge is 2.38. The molecule has 0 saturated carbocycles. The van der Waals surface area contributed by atoms with Gasteiger partial charge in [0.15, 0.2) is 5.17 Å². The number of benzene rings is 2. The van der Waals surface area contributed by atoms with Gasteiger partial charge in [-0.2, -0.15) is 36.4 Å². The number of nitrogens with zero attached hydrogens (tertiary/aromatic N) is 4. The van der Waals surface area contributed by atoms with Gasteiger partial charge in [-0.15, -0.1) is 0 Å². The van der Waals surface area contributed by atoms with Gasteiger partial charge in [0.2, 0.25) is 0 Å². The number of hydrogen-bond donors (Lipinski definition) is 1. The number of halogens is 6. The number of fused-ring (bicyclic) bond motifs is 1. The van der Waals surface area contributed by atoms with Crippen molar-refractivity contribution in [3.05, 3.63) is 69.8 Å². The van der Waals surface area contributed by atoms with Gasteiger partial charge in [0.1, 0.15) is 5.60 Å². The Hall–Kier alpha value is -4.01. The fourth-order valence-corrected chi connectivity index (χ4v) is 5.37. The van der Waals surface area contributed by atoms with Crippen LogP contribution in [0.2, 0.25) is 0 Å². The van der Waals surface area contributed by atoms with Crippen LogP contribution in [0.15, 0.2) is 52.5 Å². The Morgan fingerprint density at radius 1 is 1.07 bits per heavy atom. The molecule has 0 bridgehead atoms. The van der Waals surface area contributed by atoms with Crippen molar-refractivity contribution in [3.63, 3.8) is 0 Å². The maximum absolute atomic E-state index is 13.6. The number of amides is 2. The first-order chi connectivity index (χ1) is 20.0. The van der Waals surface area contributed by atoms with Gasteiger partial charge in [0.25, 0.3) is 5.91 Å². The second-order valence-corrected chi connectivity index (χ2v) is 12.1. The van der Waals surface area contributed by atoms with E-state index in [0.717, 1.165) is 17.8 Å². The van der Waals surface area contributed by atoms with Crippen LogP contribution >= 0.6 is 11.8 Å². The zero-order valence-electron chi connectivity index (χ0n) is 23.0. The molecule has 2 aliphatic rings. The van der Waals surface area contributed by atoms with Crippen LogP contribution in [0.4, 0.5) is 31.1 Å². The number of alkyl halides is 6. The number of ether oxygens (including phenoxy) is 1. The molecule has 0 spiro atoms. The van der Waals surface area contributed by atoms with Gasteiger partial charge in [0.05, 0.1) is 40.3 Å². The largest absolute Gasteiger partial charge is 0.444 e. The minimum absolute atomic E-state index is 0.0874. The molecule has 15 heteroatoms. The van der Waals surface area contributed by atoms with Crippen molar-refractivity contribution in [2.45, 2.75) is 51.3 Å². The van der Waals surface area contributed by atoms with Gasteiger partial charge < -0.3 is 15.0 Å². The number of likely N-dealkylation sites (tertiary alicyclic amines) is 1. The summed E-state index contributed by atoms with van der Waals surface area (Å²) in [7, 11) is 0. The SMILES string of the molecule is CC(C)(C)OC(=O)N1CC(NC2=NC(=O)C(=Cc3ccc4c(cnn4Cc4ccc(C(F)(F)F)cc4C(F)(F)F)c3)S2)C1. The molecular weight excluding hydrogens is 600 g/mol. The summed E-state index contributed by atoms with van der Waals surface area (Å²) in [6, 6.07) is 6.39. The lowest BCUT2D eigenvalue weighted by Gasteiger charge is -2.40. The van der Waals surface area contributed by atoms with E-state index in [1.807, 2.05) is 0 Å². The monoisotopic (exact) mass is 625 g/mol. The molecule has 0 radical (unpaired) electrons. The topological polar surface area (TPSA) is 88.8 Å². The number of carbonyl (C=O) groups is 2. The van der Waals surface area contributed by atoms with E-state index in [0.29, 0.717) is 45.7 Å². The van der Waals surface area contributed by atoms with Crippen LogP contribution in [0.3, 0.4) is 0 Å². The summed E-state index contributed by atoms with van der Waals surface area (Å²) in [5, 5.41) is 8.23. The van der Waals surface area contributed by atoms with E-state index in [9.17, 15) is 35.9 Å². The van der Waals surface area contributed by atoms with Crippen LogP contribution in [0.1, 0.15) is 43.0 Å². The number of carbonyl (C=O) groups excluding carboxylic acids is 2. The normalized spacial score (nSPS) is 17.4. The average Bonchev–Trinajstić information content (AvgIpc) is 3.41. The van der Waals surface area contributed by atoms with Gasteiger partial charge >= 0.3 is 18.4 Å². The zero-order valence-corrected chi connectivity index (χ0v) is 23.8. The van der Waals surface area contributed by atoms with Crippen molar-refractivity contribution < 1.29 is 40.7 Å². The number of thioether (sulfide) groups is 1. The van der Waals surface area contributed by atoms with Crippen molar-refractivity contribution in [1.82, 2.24) is 20.0 Å². The van der Waals surface area contributed by atoms with Crippen molar-refractivity contribution in [2.75, 3.05) is 13.1 Å². The highest BCUT2D eigenvalue weighted by Crippen LogP contribution is 2.38. The van der Waals surface area contributed by atoms with Gasteiger partial charge in [-0.3, -0.25) is 9.48 Å². The van der Waals surface area contributed by atoms with Crippen molar-refractivity contribution >= 4 is 45.9 Å². The quantitative estimate of drug-likeness (QED) is 0.271. The van der Waals surface area contributed by atoms with Crippen molar-refractivity contribution in [1.29, 1.82) is 0 Å². The van der Waals surface area contributed by atoms with Crippen LogP contribution in [0.5, 0.6) is 0 Å². The molecule has 1 N–H and O–H groups in total. The summed E-state index contributed by atoms with van der Waals surface area (Å²) < 4.78 is 86.4. The molecule has 8 nitrogen and oxygen atoms in total. The maximum Gasteiger partial charge on any atom is 0.416 e. The Bertz CT molecular complexity index is 1650. The van der Waals surface area contributed by atoms with Crippen LogP contribution < -0.4 is 5.32 Å². The fraction of sp³-hybridized carbons (Fsp3) is 0.357. The third-order valence-electron chi connectivity index (χ3n) is 6.51. The average molecular weight is 626 g/mol. The molecule has 0 aliphatic carbocycles. The van der Waals surface area contributed by atoms with E-state index in [1.54, 1.807) is 49.9 Å². The third-order valence-corrected chi connectivity index (χ3v) is 7.42. The molecular formula is C28H25F6N5O3S. The second-order valence-electron chi connectivity index (χ2n) is 11.0. The molecule has 1 aromatic heterocycles. The van der Waals surface area contributed by atoms with E-state index < -0.39 is 47.6 Å². The summed E-state index contributed by atoms with van der Waals surface area (Å²) in [5.74, 6) is -0.450. The molecule has 5 rings (SSSR count). The van der Waals surface area contributed by atoms with E-state index in [-0.39, 0.29) is 17.7 Å². The molecule has 3 heterocycles. The summed E-state index contributed by atoms with van der Waals surface area (Å²) in [6.07, 6.45) is -7.27. The fourth-order valence-electron chi connectivity index (χ4n) is 4.48. The van der Waals surface area contributed by atoms with Crippen LogP contribution in [0.25, 0.3) is 17.0 Å². The number of amidine groups is 1.